The van der Waals surface area contributed by atoms with E-state index in [1.165, 1.54) is 10.4 Å². The van der Waals surface area contributed by atoms with Gasteiger partial charge >= 0.3 is 0 Å². The van der Waals surface area contributed by atoms with Crippen LogP contribution in [0.2, 0.25) is 0 Å². The van der Waals surface area contributed by atoms with Gasteiger partial charge in [0.1, 0.15) is 5.41 Å². The average Bonchev–Trinajstić information content (AvgIpc) is 2.83. The van der Waals surface area contributed by atoms with Crippen molar-refractivity contribution in [3.05, 3.63) is 21.9 Å². The fourth-order valence-electron chi connectivity index (χ4n) is 3.51. The molecule has 1 saturated carbocycles. The molecule has 100 valence electrons. The smallest absolute Gasteiger partial charge is 0.243 e. The van der Waals surface area contributed by atoms with Gasteiger partial charge in [-0.1, -0.05) is 6.92 Å². The Kier molecular flexibility index (Phi) is 2.90. The fourth-order valence-corrected chi connectivity index (χ4v) is 4.47. The lowest BCUT2D eigenvalue weighted by atomic mass is 9.62. The summed E-state index contributed by atoms with van der Waals surface area (Å²) in [5.74, 6) is 0.554. The minimum absolute atomic E-state index is 0.0532. The number of hydrogen-bond acceptors (Lipinski definition) is 3. The zero-order valence-electron chi connectivity index (χ0n) is 11.3. The molecule has 0 bridgehead atoms. The van der Waals surface area contributed by atoms with Crippen molar-refractivity contribution in [2.75, 3.05) is 6.54 Å². The van der Waals surface area contributed by atoms with Gasteiger partial charge in [0.05, 0.1) is 12.1 Å². The van der Waals surface area contributed by atoms with E-state index in [1.807, 2.05) is 4.90 Å². The SMILES string of the molecule is CC1CC(C#N)(C(=O)N2CCc3sccc3C2C)C1. The largest absolute Gasteiger partial charge is 0.334 e. The third-order valence-electron chi connectivity index (χ3n) is 4.56. The molecule has 1 aromatic rings. The molecule has 1 atom stereocenters. The van der Waals surface area contributed by atoms with Gasteiger partial charge in [0.15, 0.2) is 0 Å². The Morgan fingerprint density at radius 2 is 2.26 bits per heavy atom. The summed E-state index contributed by atoms with van der Waals surface area (Å²) in [5.41, 5.74) is 0.534. The minimum atomic E-state index is -0.735. The van der Waals surface area contributed by atoms with Crippen LogP contribution in [0.25, 0.3) is 0 Å². The van der Waals surface area contributed by atoms with Crippen molar-refractivity contribution in [3.63, 3.8) is 0 Å². The van der Waals surface area contributed by atoms with Crippen molar-refractivity contribution in [2.45, 2.75) is 39.2 Å². The lowest BCUT2D eigenvalue weighted by Gasteiger charge is -2.45. The first kappa shape index (κ1) is 12.7. The fraction of sp³-hybridized carbons (Fsp3) is 0.600. The van der Waals surface area contributed by atoms with Crippen LogP contribution in [-0.4, -0.2) is 17.4 Å². The maximum Gasteiger partial charge on any atom is 0.243 e. The molecular formula is C15H18N2OS. The van der Waals surface area contributed by atoms with E-state index in [9.17, 15) is 10.1 Å². The van der Waals surface area contributed by atoms with Gasteiger partial charge in [0.2, 0.25) is 5.91 Å². The zero-order valence-corrected chi connectivity index (χ0v) is 12.2. The quantitative estimate of drug-likeness (QED) is 0.789. The van der Waals surface area contributed by atoms with Gasteiger partial charge in [0, 0.05) is 11.4 Å². The molecule has 1 aromatic heterocycles. The van der Waals surface area contributed by atoms with E-state index in [2.05, 4.69) is 31.4 Å². The highest BCUT2D eigenvalue weighted by Gasteiger charge is 2.51. The lowest BCUT2D eigenvalue weighted by Crippen LogP contribution is -2.52. The first-order valence-electron chi connectivity index (χ1n) is 6.86. The molecule has 0 saturated heterocycles. The molecule has 0 spiro atoms. The molecule has 1 fully saturated rings. The van der Waals surface area contributed by atoms with Crippen LogP contribution in [0, 0.1) is 22.7 Å². The second-order valence-corrected chi connectivity index (χ2v) is 6.93. The van der Waals surface area contributed by atoms with Gasteiger partial charge in [-0.15, -0.1) is 11.3 Å². The Balaban J connectivity index is 1.85. The zero-order chi connectivity index (χ0) is 13.6. The molecule has 3 rings (SSSR count). The van der Waals surface area contributed by atoms with E-state index in [0.29, 0.717) is 5.92 Å². The summed E-state index contributed by atoms with van der Waals surface area (Å²) in [7, 11) is 0. The first-order valence-corrected chi connectivity index (χ1v) is 7.74. The predicted octanol–water partition coefficient (Wildman–Crippen LogP) is 3.13. The van der Waals surface area contributed by atoms with Gasteiger partial charge in [-0.25, -0.2) is 0 Å². The van der Waals surface area contributed by atoms with Crippen LogP contribution in [0.5, 0.6) is 0 Å². The van der Waals surface area contributed by atoms with Gasteiger partial charge in [-0.3, -0.25) is 4.79 Å². The highest BCUT2D eigenvalue weighted by atomic mass is 32.1. The normalized spacial score (nSPS) is 33.2. The van der Waals surface area contributed by atoms with Crippen LogP contribution in [0.15, 0.2) is 11.4 Å². The molecule has 2 aliphatic rings. The average molecular weight is 274 g/mol. The van der Waals surface area contributed by atoms with Gasteiger partial charge in [-0.05, 0) is 49.1 Å². The van der Waals surface area contributed by atoms with E-state index in [4.69, 9.17) is 0 Å². The second-order valence-electron chi connectivity index (χ2n) is 5.93. The Bertz CT molecular complexity index is 551. The summed E-state index contributed by atoms with van der Waals surface area (Å²) in [5, 5.41) is 11.5. The van der Waals surface area contributed by atoms with Crippen molar-refractivity contribution in [2.24, 2.45) is 11.3 Å². The van der Waals surface area contributed by atoms with Crippen LogP contribution in [0.4, 0.5) is 0 Å². The van der Waals surface area contributed by atoms with Gasteiger partial charge in [-0.2, -0.15) is 5.26 Å². The Morgan fingerprint density at radius 3 is 2.89 bits per heavy atom. The van der Waals surface area contributed by atoms with E-state index >= 15 is 0 Å². The van der Waals surface area contributed by atoms with E-state index in [0.717, 1.165) is 25.8 Å². The third kappa shape index (κ3) is 1.80. The summed E-state index contributed by atoms with van der Waals surface area (Å²) in [6, 6.07) is 4.52. The number of hydrogen-bond donors (Lipinski definition) is 0. The monoisotopic (exact) mass is 274 g/mol. The number of nitrogens with zero attached hydrogens (tertiary/aromatic N) is 2. The van der Waals surface area contributed by atoms with Crippen molar-refractivity contribution >= 4 is 17.2 Å². The summed E-state index contributed by atoms with van der Waals surface area (Å²) in [6.45, 7) is 4.95. The number of carbonyl (C=O) groups excluding carboxylic acids is 1. The number of fused-ring (bicyclic) bond motifs is 1. The maximum absolute atomic E-state index is 12.7. The van der Waals surface area contributed by atoms with Crippen molar-refractivity contribution < 1.29 is 4.79 Å². The molecule has 19 heavy (non-hydrogen) atoms. The number of rotatable bonds is 1. The number of carbonyl (C=O) groups is 1. The van der Waals surface area contributed by atoms with Crippen molar-refractivity contribution in [1.82, 2.24) is 4.90 Å². The van der Waals surface area contributed by atoms with Crippen LogP contribution in [0.1, 0.15) is 43.2 Å². The van der Waals surface area contributed by atoms with Crippen LogP contribution >= 0.6 is 11.3 Å². The minimum Gasteiger partial charge on any atom is -0.334 e. The molecular weight excluding hydrogens is 256 g/mol. The molecule has 0 radical (unpaired) electrons. The van der Waals surface area contributed by atoms with Crippen LogP contribution in [-0.2, 0) is 11.2 Å². The van der Waals surface area contributed by atoms with E-state index < -0.39 is 5.41 Å². The summed E-state index contributed by atoms with van der Waals surface area (Å²) in [4.78, 5) is 16.0. The predicted molar refractivity (Wildman–Crippen MR) is 74.6 cm³/mol. The number of amides is 1. The highest BCUT2D eigenvalue weighted by molar-refractivity contribution is 7.10. The summed E-state index contributed by atoms with van der Waals surface area (Å²) >= 11 is 1.77. The van der Waals surface area contributed by atoms with E-state index in [1.54, 1.807) is 11.3 Å². The second kappa shape index (κ2) is 4.35. The van der Waals surface area contributed by atoms with Crippen molar-refractivity contribution in [3.8, 4) is 6.07 Å². The van der Waals surface area contributed by atoms with Gasteiger partial charge < -0.3 is 4.90 Å². The molecule has 0 N–H and O–H groups in total. The Labute approximate surface area is 117 Å². The molecule has 0 aromatic carbocycles. The summed E-state index contributed by atoms with van der Waals surface area (Å²) < 4.78 is 0. The standard InChI is InChI=1S/C15H18N2OS/c1-10-7-15(8-10,9-16)14(18)17-5-3-13-12(11(17)2)4-6-19-13/h4,6,10-11H,3,5,7-8H2,1-2H3. The first-order chi connectivity index (χ1) is 9.07. The van der Waals surface area contributed by atoms with Crippen LogP contribution in [0.3, 0.4) is 0 Å². The maximum atomic E-state index is 12.7. The number of nitriles is 1. The summed E-state index contributed by atoms with van der Waals surface area (Å²) in [6.07, 6.45) is 2.38. The number of thiophene rings is 1. The molecule has 2 heterocycles. The highest BCUT2D eigenvalue weighted by Crippen LogP contribution is 2.48. The molecule has 4 heteroatoms. The van der Waals surface area contributed by atoms with Crippen molar-refractivity contribution in [1.29, 1.82) is 5.26 Å². The molecule has 3 nitrogen and oxygen atoms in total. The molecule has 1 unspecified atom stereocenters. The molecule has 1 amide bonds. The van der Waals surface area contributed by atoms with Gasteiger partial charge in [0.25, 0.3) is 0 Å². The molecule has 1 aliphatic heterocycles. The molecule has 1 aliphatic carbocycles. The third-order valence-corrected chi connectivity index (χ3v) is 5.55. The Morgan fingerprint density at radius 1 is 1.53 bits per heavy atom. The lowest BCUT2D eigenvalue weighted by molar-refractivity contribution is -0.148. The van der Waals surface area contributed by atoms with E-state index in [-0.39, 0.29) is 11.9 Å². The van der Waals surface area contributed by atoms with Crippen LogP contribution < -0.4 is 0 Å². The topological polar surface area (TPSA) is 44.1 Å². The Hall–Kier alpha value is -1.34.